The van der Waals surface area contributed by atoms with Gasteiger partial charge in [0, 0.05) is 0 Å². The van der Waals surface area contributed by atoms with E-state index in [-0.39, 0.29) is 0 Å². The van der Waals surface area contributed by atoms with E-state index in [1.165, 1.54) is 11.1 Å². The molecule has 0 aliphatic heterocycles. The Morgan fingerprint density at radius 1 is 1.00 bits per heavy atom. The molecular formula is C13H16Ti. The third kappa shape index (κ3) is 7.00. The normalized spacial score (nSPS) is 16.3. The topological polar surface area (TPSA) is 0 Å². The van der Waals surface area contributed by atoms with Gasteiger partial charge in [0.2, 0.25) is 0 Å². The van der Waals surface area contributed by atoms with Crippen molar-refractivity contribution in [3.8, 4) is 0 Å². The van der Waals surface area contributed by atoms with Crippen molar-refractivity contribution in [2.75, 3.05) is 0 Å². The van der Waals surface area contributed by atoms with Gasteiger partial charge >= 0.3 is 24.8 Å². The summed E-state index contributed by atoms with van der Waals surface area (Å²) in [4.78, 5) is 3.25. The predicted octanol–water partition coefficient (Wildman–Crippen LogP) is 3.36. The monoisotopic (exact) mass is 220 g/mol. The van der Waals surface area contributed by atoms with Crippen molar-refractivity contribution in [3.05, 3.63) is 47.6 Å². The van der Waals surface area contributed by atoms with Gasteiger partial charge in [0.15, 0.2) is 0 Å². The fraction of sp³-hybridized carbons (Fsp3) is 0.308. The molecule has 0 bridgehead atoms. The summed E-state index contributed by atoms with van der Waals surface area (Å²) in [7, 11) is 0. The maximum absolute atomic E-state index is 3.25. The van der Waals surface area contributed by atoms with Gasteiger partial charge in [0.25, 0.3) is 0 Å². The first-order valence-electron chi connectivity index (χ1n) is 4.62. The molecule has 0 unspecified atom stereocenters. The average molecular weight is 220 g/mol. The van der Waals surface area contributed by atoms with Gasteiger partial charge in [-0.1, -0.05) is 13.8 Å². The fourth-order valence-electron chi connectivity index (χ4n) is 1.03. The predicted molar refractivity (Wildman–Crippen MR) is 59.5 cm³/mol. The number of hydrogen-bond donors (Lipinski definition) is 0. The minimum absolute atomic E-state index is 1.02. The summed E-state index contributed by atoms with van der Waals surface area (Å²) in [5, 5.41) is 0. The van der Waals surface area contributed by atoms with E-state index < -0.39 is 0 Å². The summed E-state index contributed by atoms with van der Waals surface area (Å²) in [5.41, 5.74) is 2.55. The van der Waals surface area contributed by atoms with Crippen LogP contribution in [0.1, 0.15) is 26.7 Å². The van der Waals surface area contributed by atoms with E-state index in [9.17, 15) is 0 Å². The van der Waals surface area contributed by atoms with Gasteiger partial charge in [-0.05, 0) is 0 Å². The summed E-state index contributed by atoms with van der Waals surface area (Å²) in [5.74, 6) is 0. The molecule has 14 heavy (non-hydrogen) atoms. The van der Waals surface area contributed by atoms with Crippen molar-refractivity contribution in [3.63, 3.8) is 0 Å². The van der Waals surface area contributed by atoms with Crippen LogP contribution in [0, 0.1) is 12.2 Å². The standard InChI is InChI=1S/2C6H7.CH2.Ti/c2*1-6-4-2-3-5-6;;/h2*2,4H,3H2,1H3;1H2;/q2*-1;;+2. The molecule has 72 valence electrons. The summed E-state index contributed by atoms with van der Waals surface area (Å²) in [6.45, 7) is 4.12. The van der Waals surface area contributed by atoms with Crippen LogP contribution in [0.3, 0.4) is 0 Å². The van der Waals surface area contributed by atoms with Crippen LogP contribution in [-0.4, -0.2) is 4.82 Å². The third-order valence-electron chi connectivity index (χ3n) is 1.73. The molecular weight excluding hydrogens is 204 g/mol. The van der Waals surface area contributed by atoms with E-state index >= 15 is 0 Å². The molecule has 0 nitrogen and oxygen atoms in total. The molecule has 0 radical (unpaired) electrons. The molecule has 0 heterocycles. The summed E-state index contributed by atoms with van der Waals surface area (Å²) in [6.07, 6.45) is 16.7. The van der Waals surface area contributed by atoms with Gasteiger partial charge in [0.05, 0.1) is 0 Å². The molecule has 0 atom stereocenters. The molecule has 0 aromatic carbocycles. The molecule has 0 aromatic heterocycles. The van der Waals surface area contributed by atoms with Crippen molar-refractivity contribution in [1.82, 2.24) is 0 Å². The zero-order valence-corrected chi connectivity index (χ0v) is 10.5. The molecule has 2 aliphatic rings. The van der Waals surface area contributed by atoms with Gasteiger partial charge in [0.1, 0.15) is 0 Å². The fourth-order valence-corrected chi connectivity index (χ4v) is 1.03. The Labute approximate surface area is 99.0 Å². The summed E-state index contributed by atoms with van der Waals surface area (Å²) in [6, 6.07) is 0. The molecule has 2 aliphatic carbocycles. The van der Waals surface area contributed by atoms with Crippen molar-refractivity contribution in [2.45, 2.75) is 26.7 Å². The first-order chi connectivity index (χ1) is 6.79. The quantitative estimate of drug-likeness (QED) is 0.433. The first kappa shape index (κ1) is 13.5. The van der Waals surface area contributed by atoms with Crippen LogP contribution in [0.5, 0.6) is 0 Å². The number of allylic oxidation sites excluding steroid dienone is 8. The van der Waals surface area contributed by atoms with Crippen LogP contribution in [0.15, 0.2) is 35.5 Å². The van der Waals surface area contributed by atoms with Crippen LogP contribution in [0.4, 0.5) is 0 Å². The molecule has 0 saturated heterocycles. The molecule has 0 aromatic rings. The zero-order chi connectivity index (χ0) is 10.8. The van der Waals surface area contributed by atoms with E-state index in [2.05, 4.69) is 55.1 Å². The second kappa shape index (κ2) is 9.11. The van der Waals surface area contributed by atoms with Crippen LogP contribution in [-0.2, 0) is 20.0 Å². The Hall–Kier alpha value is -0.456. The SMILES string of the molecule is CC1=[C-]CC=C1.CC1=[C-]CC=C1.[CH2]=[Ti+2]. The van der Waals surface area contributed by atoms with Gasteiger partial charge in [-0.25, -0.2) is 23.3 Å². The zero-order valence-electron chi connectivity index (χ0n) is 8.93. The van der Waals surface area contributed by atoms with Gasteiger partial charge in [-0.2, -0.15) is 12.2 Å². The van der Waals surface area contributed by atoms with E-state index in [4.69, 9.17) is 0 Å². The first-order valence-corrected chi connectivity index (χ1v) is 5.73. The Morgan fingerprint density at radius 2 is 1.36 bits per heavy atom. The Kier molecular flexibility index (Phi) is 8.82. The average Bonchev–Trinajstić information content (AvgIpc) is 2.83. The summed E-state index contributed by atoms with van der Waals surface area (Å²) >= 11 is 1.75. The van der Waals surface area contributed by atoms with Crippen LogP contribution >= 0.6 is 0 Å². The van der Waals surface area contributed by atoms with E-state index in [1.807, 2.05) is 0 Å². The molecule has 0 saturated carbocycles. The maximum atomic E-state index is 3.25. The second-order valence-corrected chi connectivity index (χ2v) is 2.93. The van der Waals surface area contributed by atoms with E-state index in [1.54, 1.807) is 20.0 Å². The van der Waals surface area contributed by atoms with Gasteiger partial charge in [-0.15, -0.1) is 12.8 Å². The second-order valence-electron chi connectivity index (χ2n) is 2.93. The Morgan fingerprint density at radius 3 is 1.43 bits per heavy atom. The molecule has 0 spiro atoms. The van der Waals surface area contributed by atoms with Gasteiger partial charge in [-0.3, -0.25) is 12.2 Å². The van der Waals surface area contributed by atoms with Gasteiger partial charge < -0.3 is 0 Å². The third-order valence-corrected chi connectivity index (χ3v) is 1.73. The minimum atomic E-state index is 1.02. The summed E-state index contributed by atoms with van der Waals surface area (Å²) < 4.78 is 0. The van der Waals surface area contributed by atoms with Crippen molar-refractivity contribution < 1.29 is 20.0 Å². The van der Waals surface area contributed by atoms with Crippen molar-refractivity contribution in [1.29, 1.82) is 0 Å². The molecule has 0 fully saturated rings. The van der Waals surface area contributed by atoms with Crippen LogP contribution in [0.2, 0.25) is 0 Å². The molecule has 0 amide bonds. The molecule has 1 heteroatoms. The molecule has 0 N–H and O–H groups in total. The molecule has 2 rings (SSSR count). The van der Waals surface area contributed by atoms with Crippen LogP contribution in [0.25, 0.3) is 0 Å². The van der Waals surface area contributed by atoms with E-state index in [0.29, 0.717) is 0 Å². The van der Waals surface area contributed by atoms with E-state index in [0.717, 1.165) is 12.8 Å². The van der Waals surface area contributed by atoms with Crippen molar-refractivity contribution >= 4 is 4.82 Å². The number of hydrogen-bond acceptors (Lipinski definition) is 0. The van der Waals surface area contributed by atoms with Crippen molar-refractivity contribution in [2.24, 2.45) is 0 Å². The number of rotatable bonds is 0. The van der Waals surface area contributed by atoms with Crippen LogP contribution < -0.4 is 0 Å². The Bertz CT molecular complexity index is 233. The Balaban J connectivity index is 0.000000206.